The quantitative estimate of drug-likeness (QED) is 0.194. The average molecular weight is 505 g/mol. The van der Waals surface area contributed by atoms with Crippen molar-refractivity contribution in [3.05, 3.63) is 64.7 Å². The summed E-state index contributed by atoms with van der Waals surface area (Å²) < 4.78 is 22.3. The van der Waals surface area contributed by atoms with Gasteiger partial charge < -0.3 is 18.9 Å². The number of esters is 1. The highest BCUT2D eigenvalue weighted by molar-refractivity contribution is 5.90. The summed E-state index contributed by atoms with van der Waals surface area (Å²) in [6.45, 7) is 6.40. The summed E-state index contributed by atoms with van der Waals surface area (Å²) in [5.74, 6) is 3.21. The minimum Gasteiger partial charge on any atom is -0.467 e. The molecule has 0 aromatic heterocycles. The molecule has 0 aliphatic heterocycles. The van der Waals surface area contributed by atoms with E-state index in [1.807, 2.05) is 38.1 Å². The second-order valence-electron chi connectivity index (χ2n) is 11.3. The highest BCUT2D eigenvalue weighted by Crippen LogP contribution is 2.62. The van der Waals surface area contributed by atoms with Crippen LogP contribution in [0.5, 0.6) is 5.75 Å². The molecule has 5 heteroatoms. The molecule has 2 aromatic carbocycles. The molecule has 4 saturated carbocycles. The highest BCUT2D eigenvalue weighted by atomic mass is 16.7. The number of hydrogen-bond acceptors (Lipinski definition) is 5. The second-order valence-corrected chi connectivity index (χ2v) is 11.3. The number of allylic oxidation sites excluding steroid dienone is 1. The van der Waals surface area contributed by atoms with Crippen LogP contribution in [-0.2, 0) is 19.6 Å². The third kappa shape index (κ3) is 5.63. The normalized spacial score (nSPS) is 27.2. The molecule has 0 saturated heterocycles. The van der Waals surface area contributed by atoms with Crippen molar-refractivity contribution in [2.24, 2.45) is 17.8 Å². The Bertz CT molecular complexity index is 1100. The number of benzene rings is 2. The van der Waals surface area contributed by atoms with E-state index in [0.717, 1.165) is 29.1 Å². The van der Waals surface area contributed by atoms with E-state index in [0.29, 0.717) is 12.2 Å². The molecule has 0 radical (unpaired) electrons. The molecule has 0 amide bonds. The van der Waals surface area contributed by atoms with Gasteiger partial charge in [-0.25, -0.2) is 4.79 Å². The molecule has 0 N–H and O–H groups in total. The Kier molecular flexibility index (Phi) is 7.73. The molecule has 2 aromatic rings. The Morgan fingerprint density at radius 1 is 1.00 bits per heavy atom. The minimum absolute atomic E-state index is 0.176. The number of ether oxygens (including phenoxy) is 4. The second kappa shape index (κ2) is 11.0. The lowest BCUT2D eigenvalue weighted by Gasteiger charge is -2.57. The fourth-order valence-corrected chi connectivity index (χ4v) is 7.28. The van der Waals surface area contributed by atoms with Crippen molar-refractivity contribution in [1.29, 1.82) is 0 Å². The zero-order valence-electron chi connectivity index (χ0n) is 22.6. The third-order valence-electron chi connectivity index (χ3n) is 8.70. The van der Waals surface area contributed by atoms with Gasteiger partial charge >= 0.3 is 5.97 Å². The summed E-state index contributed by atoms with van der Waals surface area (Å²) in [6.07, 6.45) is 9.91. The van der Waals surface area contributed by atoms with Crippen molar-refractivity contribution in [2.45, 2.75) is 71.0 Å². The first-order chi connectivity index (χ1) is 17.9. The molecule has 4 aliphatic carbocycles. The van der Waals surface area contributed by atoms with Crippen LogP contribution < -0.4 is 4.74 Å². The summed E-state index contributed by atoms with van der Waals surface area (Å²) in [5, 5.41) is 0. The SMILES string of the molecule is CCOC(=O)c1ccc(C=C(C)c2ccc(OCOC(C)OC)c(C34CC5CC(CC(C5)C3)C4)c2)cc1. The molecule has 4 bridgehead atoms. The Morgan fingerprint density at radius 3 is 2.22 bits per heavy atom. The highest BCUT2D eigenvalue weighted by Gasteiger charge is 2.52. The van der Waals surface area contributed by atoms with Crippen molar-refractivity contribution < 1.29 is 23.7 Å². The summed E-state index contributed by atoms with van der Waals surface area (Å²) in [7, 11) is 1.64. The van der Waals surface area contributed by atoms with E-state index >= 15 is 0 Å². The fraction of sp³-hybridized carbons (Fsp3) is 0.531. The van der Waals surface area contributed by atoms with Crippen molar-refractivity contribution in [1.82, 2.24) is 0 Å². The first-order valence-electron chi connectivity index (χ1n) is 13.8. The van der Waals surface area contributed by atoms with E-state index in [4.69, 9.17) is 18.9 Å². The standard InChI is InChI=1S/C32H40O5/c1-5-35-31(33)27-8-6-23(7-9-27)12-21(2)28-10-11-30(37-20-36-22(3)34-4)29(16-28)32-17-24-13-25(18-32)15-26(14-24)19-32/h6-12,16,22,24-26H,5,13-15,17-20H2,1-4H3. The minimum atomic E-state index is -0.303. The number of carbonyl (C=O) groups excluding carboxylic acids is 1. The van der Waals surface area contributed by atoms with Gasteiger partial charge in [0.1, 0.15) is 5.75 Å². The maximum absolute atomic E-state index is 12.0. The van der Waals surface area contributed by atoms with E-state index in [-0.39, 0.29) is 24.5 Å². The van der Waals surface area contributed by atoms with Crippen LogP contribution >= 0.6 is 0 Å². The van der Waals surface area contributed by atoms with Gasteiger partial charge in [0.2, 0.25) is 0 Å². The lowest BCUT2D eigenvalue weighted by molar-refractivity contribution is -0.150. The summed E-state index contributed by atoms with van der Waals surface area (Å²) in [6, 6.07) is 14.3. The van der Waals surface area contributed by atoms with E-state index in [1.165, 1.54) is 55.2 Å². The van der Waals surface area contributed by atoms with Gasteiger partial charge in [-0.05, 0) is 123 Å². The number of rotatable bonds is 10. The molecule has 0 heterocycles. The molecule has 1 unspecified atom stereocenters. The average Bonchev–Trinajstić information content (AvgIpc) is 2.88. The van der Waals surface area contributed by atoms with Crippen molar-refractivity contribution in [3.63, 3.8) is 0 Å². The van der Waals surface area contributed by atoms with Gasteiger partial charge in [0, 0.05) is 12.7 Å². The predicted molar refractivity (Wildman–Crippen MR) is 145 cm³/mol. The van der Waals surface area contributed by atoms with Crippen LogP contribution in [0.1, 0.15) is 86.3 Å². The Hall–Kier alpha value is -2.63. The zero-order chi connectivity index (χ0) is 26.0. The van der Waals surface area contributed by atoms with Gasteiger partial charge in [-0.3, -0.25) is 0 Å². The topological polar surface area (TPSA) is 54.0 Å². The molecule has 4 fully saturated rings. The molecule has 1 atom stereocenters. The van der Waals surface area contributed by atoms with Crippen molar-refractivity contribution in [3.8, 4) is 5.75 Å². The van der Waals surface area contributed by atoms with E-state index in [1.54, 1.807) is 7.11 Å². The summed E-state index contributed by atoms with van der Waals surface area (Å²) in [4.78, 5) is 12.0. The summed E-state index contributed by atoms with van der Waals surface area (Å²) in [5.41, 5.74) is 5.58. The van der Waals surface area contributed by atoms with Gasteiger partial charge in [0.25, 0.3) is 0 Å². The Balaban J connectivity index is 1.43. The fourth-order valence-electron chi connectivity index (χ4n) is 7.28. The van der Waals surface area contributed by atoms with Gasteiger partial charge in [0.15, 0.2) is 13.1 Å². The summed E-state index contributed by atoms with van der Waals surface area (Å²) >= 11 is 0. The van der Waals surface area contributed by atoms with Gasteiger partial charge in [0.05, 0.1) is 12.2 Å². The number of carbonyl (C=O) groups is 1. The number of hydrogen-bond donors (Lipinski definition) is 0. The molecule has 0 spiro atoms. The number of methoxy groups -OCH3 is 1. The first kappa shape index (κ1) is 26.0. The maximum Gasteiger partial charge on any atom is 0.338 e. The molecule has 4 aliphatic rings. The largest absolute Gasteiger partial charge is 0.467 e. The van der Waals surface area contributed by atoms with Gasteiger partial charge in [-0.2, -0.15) is 0 Å². The van der Waals surface area contributed by atoms with Crippen LogP contribution in [-0.4, -0.2) is 32.8 Å². The van der Waals surface area contributed by atoms with E-state index in [2.05, 4.69) is 31.2 Å². The van der Waals surface area contributed by atoms with E-state index in [9.17, 15) is 4.79 Å². The zero-order valence-corrected chi connectivity index (χ0v) is 22.6. The third-order valence-corrected chi connectivity index (χ3v) is 8.70. The van der Waals surface area contributed by atoms with Gasteiger partial charge in [-0.15, -0.1) is 0 Å². The molecule has 198 valence electrons. The van der Waals surface area contributed by atoms with Crippen molar-refractivity contribution >= 4 is 17.6 Å². The lowest BCUT2D eigenvalue weighted by atomic mass is 9.48. The molecule has 5 nitrogen and oxygen atoms in total. The monoisotopic (exact) mass is 504 g/mol. The van der Waals surface area contributed by atoms with E-state index < -0.39 is 0 Å². The predicted octanol–water partition coefficient (Wildman–Crippen LogP) is 7.24. The van der Waals surface area contributed by atoms with Crippen LogP contribution in [0.25, 0.3) is 11.6 Å². The smallest absolute Gasteiger partial charge is 0.338 e. The maximum atomic E-state index is 12.0. The lowest BCUT2D eigenvalue weighted by Crippen LogP contribution is -2.48. The van der Waals surface area contributed by atoms with Gasteiger partial charge in [-0.1, -0.05) is 24.3 Å². The molecular formula is C32H40O5. The van der Waals surface area contributed by atoms with Crippen LogP contribution in [0.3, 0.4) is 0 Å². The molecule has 37 heavy (non-hydrogen) atoms. The van der Waals surface area contributed by atoms with Crippen LogP contribution in [0, 0.1) is 17.8 Å². The Labute approximate surface area is 221 Å². The van der Waals surface area contributed by atoms with Crippen LogP contribution in [0.4, 0.5) is 0 Å². The Morgan fingerprint density at radius 2 is 1.62 bits per heavy atom. The molecule has 6 rings (SSSR count). The van der Waals surface area contributed by atoms with Crippen LogP contribution in [0.2, 0.25) is 0 Å². The molecular weight excluding hydrogens is 464 g/mol. The van der Waals surface area contributed by atoms with Crippen LogP contribution in [0.15, 0.2) is 42.5 Å². The first-order valence-corrected chi connectivity index (χ1v) is 13.8. The van der Waals surface area contributed by atoms with Crippen molar-refractivity contribution in [2.75, 3.05) is 20.5 Å².